The lowest BCUT2D eigenvalue weighted by atomic mass is 10.1. The number of piperazine rings is 1. The monoisotopic (exact) mass is 378 g/mol. The Balaban J connectivity index is 1.63. The van der Waals surface area contributed by atoms with Gasteiger partial charge in [-0.2, -0.15) is 0 Å². The lowest BCUT2D eigenvalue weighted by Crippen LogP contribution is -2.52. The molecule has 0 spiro atoms. The Morgan fingerprint density at radius 2 is 1.96 bits per heavy atom. The lowest BCUT2D eigenvalue weighted by Gasteiger charge is -2.41. The van der Waals surface area contributed by atoms with Crippen molar-refractivity contribution in [3.05, 3.63) is 53.2 Å². The first-order valence-electron chi connectivity index (χ1n) is 9.21. The van der Waals surface area contributed by atoms with Crippen LogP contribution in [-0.4, -0.2) is 59.4 Å². The van der Waals surface area contributed by atoms with Gasteiger partial charge in [-0.15, -0.1) is 0 Å². The standard InChI is InChI=1S/C20H27FN2O4/c1-26-17-3-2-15(20(21)10-17)11-23-8-7-22(12-16(23)6-9-24)13-18-4-5-19(14-25)27-18/h2-5,10,16,24-25H,6-9,11-14H2,1H3/t16-/m1/s1. The number of ether oxygens (including phenoxy) is 1. The van der Waals surface area contributed by atoms with E-state index in [1.807, 2.05) is 6.07 Å². The van der Waals surface area contributed by atoms with E-state index >= 15 is 0 Å². The van der Waals surface area contributed by atoms with Gasteiger partial charge >= 0.3 is 0 Å². The topological polar surface area (TPSA) is 69.3 Å². The number of halogens is 1. The fourth-order valence-electron chi connectivity index (χ4n) is 3.55. The molecule has 27 heavy (non-hydrogen) atoms. The number of nitrogens with zero attached hydrogens (tertiary/aromatic N) is 2. The summed E-state index contributed by atoms with van der Waals surface area (Å²) >= 11 is 0. The minimum Gasteiger partial charge on any atom is -0.497 e. The van der Waals surface area contributed by atoms with Gasteiger partial charge in [-0.05, 0) is 24.6 Å². The first kappa shape index (κ1) is 19.8. The van der Waals surface area contributed by atoms with E-state index in [1.165, 1.54) is 13.2 Å². The van der Waals surface area contributed by atoms with Gasteiger partial charge in [0.25, 0.3) is 0 Å². The molecule has 2 N–H and O–H groups in total. The molecule has 1 aliphatic heterocycles. The van der Waals surface area contributed by atoms with Crippen molar-refractivity contribution in [2.75, 3.05) is 33.4 Å². The van der Waals surface area contributed by atoms with Gasteiger partial charge in [0.1, 0.15) is 29.7 Å². The van der Waals surface area contributed by atoms with E-state index in [4.69, 9.17) is 14.3 Å². The molecular weight excluding hydrogens is 351 g/mol. The van der Waals surface area contributed by atoms with Crippen molar-refractivity contribution in [2.24, 2.45) is 0 Å². The second-order valence-electron chi connectivity index (χ2n) is 6.86. The third kappa shape index (κ3) is 5.07. The Morgan fingerprint density at radius 1 is 1.15 bits per heavy atom. The molecule has 0 amide bonds. The number of rotatable bonds is 8. The molecule has 0 unspecified atom stereocenters. The molecule has 0 aliphatic carbocycles. The highest BCUT2D eigenvalue weighted by atomic mass is 19.1. The molecule has 7 heteroatoms. The molecule has 0 radical (unpaired) electrons. The number of hydrogen-bond donors (Lipinski definition) is 2. The third-order valence-electron chi connectivity index (χ3n) is 5.04. The van der Waals surface area contributed by atoms with Gasteiger partial charge in [-0.25, -0.2) is 4.39 Å². The van der Waals surface area contributed by atoms with E-state index < -0.39 is 0 Å². The Kier molecular flexibility index (Phi) is 6.84. The van der Waals surface area contributed by atoms with Crippen molar-refractivity contribution in [2.45, 2.75) is 32.2 Å². The van der Waals surface area contributed by atoms with E-state index in [0.29, 0.717) is 36.6 Å². The summed E-state index contributed by atoms with van der Waals surface area (Å²) in [6.45, 7) is 3.53. The van der Waals surface area contributed by atoms with Gasteiger partial charge in [0, 0.05) is 50.5 Å². The normalized spacial score (nSPS) is 18.7. The SMILES string of the molecule is COc1ccc(CN2CCN(Cc3ccc(CO)o3)C[C@H]2CCO)c(F)c1. The lowest BCUT2D eigenvalue weighted by molar-refractivity contribution is 0.0458. The summed E-state index contributed by atoms with van der Waals surface area (Å²) in [5, 5.41) is 18.6. The summed E-state index contributed by atoms with van der Waals surface area (Å²) < 4.78 is 24.9. The van der Waals surface area contributed by atoms with Crippen LogP contribution < -0.4 is 4.74 Å². The zero-order chi connectivity index (χ0) is 19.2. The Hall–Kier alpha value is -1.93. The average molecular weight is 378 g/mol. The Morgan fingerprint density at radius 3 is 2.63 bits per heavy atom. The molecule has 0 bridgehead atoms. The molecular formula is C20H27FN2O4. The van der Waals surface area contributed by atoms with Crippen LogP contribution in [0.15, 0.2) is 34.7 Å². The van der Waals surface area contributed by atoms with Crippen LogP contribution in [0.4, 0.5) is 4.39 Å². The number of aliphatic hydroxyl groups excluding tert-OH is 2. The van der Waals surface area contributed by atoms with E-state index in [1.54, 1.807) is 18.2 Å². The predicted molar refractivity (Wildman–Crippen MR) is 98.8 cm³/mol. The minimum absolute atomic E-state index is 0.0928. The summed E-state index contributed by atoms with van der Waals surface area (Å²) in [5.74, 6) is 1.61. The average Bonchev–Trinajstić information content (AvgIpc) is 3.13. The first-order valence-corrected chi connectivity index (χ1v) is 9.21. The van der Waals surface area contributed by atoms with E-state index in [2.05, 4.69) is 9.80 Å². The molecule has 148 valence electrons. The van der Waals surface area contributed by atoms with Crippen molar-refractivity contribution < 1.29 is 23.8 Å². The van der Waals surface area contributed by atoms with E-state index in [0.717, 1.165) is 25.4 Å². The fourth-order valence-corrected chi connectivity index (χ4v) is 3.55. The van der Waals surface area contributed by atoms with Crippen molar-refractivity contribution in [1.29, 1.82) is 0 Å². The summed E-state index contributed by atoms with van der Waals surface area (Å²) in [4.78, 5) is 4.49. The van der Waals surface area contributed by atoms with Crippen molar-refractivity contribution >= 4 is 0 Å². The van der Waals surface area contributed by atoms with E-state index in [-0.39, 0.29) is 25.1 Å². The summed E-state index contributed by atoms with van der Waals surface area (Å²) in [6, 6.07) is 8.73. The highest BCUT2D eigenvalue weighted by Crippen LogP contribution is 2.22. The van der Waals surface area contributed by atoms with Crippen LogP contribution >= 0.6 is 0 Å². The van der Waals surface area contributed by atoms with Gasteiger partial charge in [0.05, 0.1) is 13.7 Å². The second-order valence-corrected chi connectivity index (χ2v) is 6.86. The highest BCUT2D eigenvalue weighted by molar-refractivity contribution is 5.29. The maximum Gasteiger partial charge on any atom is 0.131 e. The molecule has 2 aromatic rings. The molecule has 1 aromatic heterocycles. The maximum atomic E-state index is 14.3. The van der Waals surface area contributed by atoms with Crippen molar-refractivity contribution in [3.8, 4) is 5.75 Å². The largest absolute Gasteiger partial charge is 0.497 e. The Bertz CT molecular complexity index is 737. The first-order chi connectivity index (χ1) is 13.1. The predicted octanol–water partition coefficient (Wildman–Crippen LogP) is 1.99. The van der Waals surface area contributed by atoms with Crippen LogP contribution in [0, 0.1) is 5.82 Å². The van der Waals surface area contributed by atoms with Crippen molar-refractivity contribution in [3.63, 3.8) is 0 Å². The van der Waals surface area contributed by atoms with Gasteiger partial charge in [-0.3, -0.25) is 9.80 Å². The summed E-state index contributed by atoms with van der Waals surface area (Å²) in [6.07, 6.45) is 0.633. The number of aliphatic hydroxyl groups is 2. The molecule has 1 saturated heterocycles. The van der Waals surface area contributed by atoms with Gasteiger partial charge in [0.2, 0.25) is 0 Å². The quantitative estimate of drug-likeness (QED) is 0.732. The third-order valence-corrected chi connectivity index (χ3v) is 5.04. The number of furan rings is 1. The second kappa shape index (κ2) is 9.32. The smallest absolute Gasteiger partial charge is 0.131 e. The van der Waals surface area contributed by atoms with Crippen LogP contribution in [-0.2, 0) is 19.7 Å². The molecule has 3 rings (SSSR count). The zero-order valence-corrected chi connectivity index (χ0v) is 15.6. The molecule has 1 aliphatic rings. The van der Waals surface area contributed by atoms with Crippen LogP contribution in [0.2, 0.25) is 0 Å². The summed E-state index contributed by atoms with van der Waals surface area (Å²) in [5.41, 5.74) is 0.630. The number of benzene rings is 1. The zero-order valence-electron chi connectivity index (χ0n) is 15.6. The van der Waals surface area contributed by atoms with Gasteiger partial charge in [-0.1, -0.05) is 6.07 Å². The van der Waals surface area contributed by atoms with Crippen LogP contribution in [0.1, 0.15) is 23.5 Å². The molecule has 2 heterocycles. The molecule has 1 fully saturated rings. The van der Waals surface area contributed by atoms with E-state index in [9.17, 15) is 9.50 Å². The molecule has 0 saturated carbocycles. The van der Waals surface area contributed by atoms with Crippen LogP contribution in [0.25, 0.3) is 0 Å². The van der Waals surface area contributed by atoms with Gasteiger partial charge < -0.3 is 19.4 Å². The molecule has 1 aromatic carbocycles. The molecule has 1 atom stereocenters. The van der Waals surface area contributed by atoms with Crippen molar-refractivity contribution in [1.82, 2.24) is 9.80 Å². The summed E-state index contributed by atoms with van der Waals surface area (Å²) in [7, 11) is 1.52. The highest BCUT2D eigenvalue weighted by Gasteiger charge is 2.27. The minimum atomic E-state index is -0.272. The van der Waals surface area contributed by atoms with Gasteiger partial charge in [0.15, 0.2) is 0 Å². The number of hydrogen-bond acceptors (Lipinski definition) is 6. The maximum absolute atomic E-state index is 14.3. The number of methoxy groups -OCH3 is 1. The van der Waals surface area contributed by atoms with Crippen LogP contribution in [0.3, 0.4) is 0 Å². The molecule has 6 nitrogen and oxygen atoms in total. The van der Waals surface area contributed by atoms with Crippen LogP contribution in [0.5, 0.6) is 5.75 Å². The fraction of sp³-hybridized carbons (Fsp3) is 0.500. The Labute approximate surface area is 158 Å².